The van der Waals surface area contributed by atoms with Crippen LogP contribution in [0, 0.1) is 10.1 Å². The van der Waals surface area contributed by atoms with Crippen LogP contribution in [0.4, 0.5) is 5.69 Å². The fourth-order valence-electron chi connectivity index (χ4n) is 1.83. The van der Waals surface area contributed by atoms with Crippen LogP contribution in [-0.2, 0) is 0 Å². The molecule has 112 valence electrons. The number of rotatable bonds is 5. The summed E-state index contributed by atoms with van der Waals surface area (Å²) in [4.78, 5) is 22.1. The van der Waals surface area contributed by atoms with Crippen molar-refractivity contribution in [3.63, 3.8) is 0 Å². The fraction of sp³-hybridized carbons (Fsp3) is 0.0625. The molecule has 0 aliphatic rings. The highest BCUT2D eigenvalue weighted by atomic mass is 16.6. The molecule has 2 rings (SSSR count). The molecule has 0 atom stereocenters. The maximum absolute atomic E-state index is 12.0. The minimum absolute atomic E-state index is 0.255. The van der Waals surface area contributed by atoms with Gasteiger partial charge in [0.15, 0.2) is 11.5 Å². The van der Waals surface area contributed by atoms with Crippen LogP contribution in [0.3, 0.4) is 0 Å². The quantitative estimate of drug-likeness (QED) is 0.396. The van der Waals surface area contributed by atoms with Gasteiger partial charge in [0.25, 0.3) is 0 Å². The van der Waals surface area contributed by atoms with E-state index in [2.05, 4.69) is 0 Å². The van der Waals surface area contributed by atoms with E-state index in [4.69, 9.17) is 4.74 Å². The summed E-state index contributed by atoms with van der Waals surface area (Å²) in [7, 11) is 1.51. The van der Waals surface area contributed by atoms with Crippen LogP contribution in [0.2, 0.25) is 0 Å². The van der Waals surface area contributed by atoms with Crippen molar-refractivity contribution in [3.05, 3.63) is 69.8 Å². The van der Waals surface area contributed by atoms with E-state index < -0.39 is 16.4 Å². The molecule has 0 aliphatic carbocycles. The Morgan fingerprint density at radius 3 is 2.73 bits per heavy atom. The lowest BCUT2D eigenvalue weighted by molar-refractivity contribution is -0.385. The van der Waals surface area contributed by atoms with Crippen LogP contribution in [0.1, 0.15) is 15.9 Å². The highest BCUT2D eigenvalue weighted by Crippen LogP contribution is 2.26. The highest BCUT2D eigenvalue weighted by molar-refractivity contribution is 6.07. The maximum atomic E-state index is 12.0. The normalized spacial score (nSPS) is 10.6. The van der Waals surface area contributed by atoms with Crippen LogP contribution in [0.25, 0.3) is 6.08 Å². The van der Waals surface area contributed by atoms with E-state index >= 15 is 0 Å². The number of nitrogens with zero attached hydrogens (tertiary/aromatic N) is 1. The van der Waals surface area contributed by atoms with E-state index in [0.29, 0.717) is 16.9 Å². The smallest absolute Gasteiger partial charge is 0.311 e. The maximum Gasteiger partial charge on any atom is 0.311 e. The Balaban J connectivity index is 2.22. The number of hydrogen-bond acceptors (Lipinski definition) is 5. The summed E-state index contributed by atoms with van der Waals surface area (Å²) in [5, 5.41) is 20.1. The molecule has 2 aromatic rings. The lowest BCUT2D eigenvalue weighted by Gasteiger charge is -2.01. The van der Waals surface area contributed by atoms with Crippen LogP contribution in [0.15, 0.2) is 48.5 Å². The Kier molecular flexibility index (Phi) is 4.53. The van der Waals surface area contributed by atoms with Crippen molar-refractivity contribution in [1.29, 1.82) is 0 Å². The molecule has 0 bridgehead atoms. The first-order valence-corrected chi connectivity index (χ1v) is 6.35. The van der Waals surface area contributed by atoms with E-state index in [-0.39, 0.29) is 5.78 Å². The fourth-order valence-corrected chi connectivity index (χ4v) is 1.83. The third-order valence-corrected chi connectivity index (χ3v) is 2.98. The van der Waals surface area contributed by atoms with Crippen molar-refractivity contribution in [3.8, 4) is 11.5 Å². The molecule has 6 nitrogen and oxygen atoms in total. The number of ketones is 1. The molecule has 0 spiro atoms. The number of phenols is 1. The molecule has 0 fully saturated rings. The molecule has 0 heterocycles. The van der Waals surface area contributed by atoms with Gasteiger partial charge in [-0.15, -0.1) is 0 Å². The van der Waals surface area contributed by atoms with Crippen LogP contribution >= 0.6 is 0 Å². The van der Waals surface area contributed by atoms with Gasteiger partial charge in [0, 0.05) is 11.6 Å². The van der Waals surface area contributed by atoms with Crippen molar-refractivity contribution in [1.82, 2.24) is 0 Å². The van der Waals surface area contributed by atoms with Crippen LogP contribution in [0.5, 0.6) is 11.5 Å². The van der Waals surface area contributed by atoms with Gasteiger partial charge in [-0.1, -0.05) is 24.3 Å². The Morgan fingerprint density at radius 1 is 1.27 bits per heavy atom. The predicted molar refractivity (Wildman–Crippen MR) is 81.1 cm³/mol. The largest absolute Gasteiger partial charge is 0.502 e. The Bertz CT molecular complexity index is 752. The number of phenolic OH excluding ortho intramolecular Hbond substituents is 1. The SMILES string of the molecule is COc1cccc(C(=O)C=Cc2ccc(O)c([N+](=O)[O-])c2)c1. The molecule has 22 heavy (non-hydrogen) atoms. The lowest BCUT2D eigenvalue weighted by atomic mass is 10.1. The number of hydrogen-bond donors (Lipinski definition) is 1. The molecule has 2 aromatic carbocycles. The van der Waals surface area contributed by atoms with Gasteiger partial charge in [-0.25, -0.2) is 0 Å². The number of nitro groups is 1. The summed E-state index contributed by atoms with van der Waals surface area (Å²) in [6.07, 6.45) is 2.76. The monoisotopic (exact) mass is 299 g/mol. The second kappa shape index (κ2) is 6.53. The van der Waals surface area contributed by atoms with E-state index in [1.807, 2.05) is 0 Å². The zero-order valence-electron chi connectivity index (χ0n) is 11.7. The number of allylic oxidation sites excluding steroid dienone is 1. The second-order valence-electron chi connectivity index (χ2n) is 4.43. The predicted octanol–water partition coefficient (Wildman–Crippen LogP) is 3.21. The van der Waals surface area contributed by atoms with Crippen molar-refractivity contribution in [2.45, 2.75) is 0 Å². The summed E-state index contributed by atoms with van der Waals surface area (Å²) < 4.78 is 5.04. The van der Waals surface area contributed by atoms with Gasteiger partial charge in [-0.3, -0.25) is 14.9 Å². The highest BCUT2D eigenvalue weighted by Gasteiger charge is 2.12. The summed E-state index contributed by atoms with van der Waals surface area (Å²) in [5.41, 5.74) is 0.487. The van der Waals surface area contributed by atoms with Gasteiger partial charge in [0.05, 0.1) is 12.0 Å². The molecule has 0 saturated heterocycles. The Morgan fingerprint density at radius 2 is 2.05 bits per heavy atom. The Hall–Kier alpha value is -3.15. The third kappa shape index (κ3) is 3.49. The zero-order chi connectivity index (χ0) is 16.1. The first-order valence-electron chi connectivity index (χ1n) is 6.35. The lowest BCUT2D eigenvalue weighted by Crippen LogP contribution is -1.95. The van der Waals surface area contributed by atoms with Crippen molar-refractivity contribution >= 4 is 17.5 Å². The van der Waals surface area contributed by atoms with Gasteiger partial charge in [-0.2, -0.15) is 0 Å². The minimum atomic E-state index is -0.684. The van der Waals surface area contributed by atoms with Crippen molar-refractivity contribution in [2.24, 2.45) is 0 Å². The van der Waals surface area contributed by atoms with Gasteiger partial charge in [0.2, 0.25) is 0 Å². The average molecular weight is 299 g/mol. The molecule has 0 aliphatic heterocycles. The van der Waals surface area contributed by atoms with E-state index in [0.717, 1.165) is 0 Å². The molecule has 1 N–H and O–H groups in total. The topological polar surface area (TPSA) is 89.7 Å². The van der Waals surface area contributed by atoms with Gasteiger partial charge in [-0.05, 0) is 29.8 Å². The summed E-state index contributed by atoms with van der Waals surface area (Å²) in [6.45, 7) is 0. The third-order valence-electron chi connectivity index (χ3n) is 2.98. The number of carbonyl (C=O) groups excluding carboxylic acids is 1. The molecular weight excluding hydrogens is 286 g/mol. The van der Waals surface area contributed by atoms with Gasteiger partial charge in [0.1, 0.15) is 5.75 Å². The number of ether oxygens (including phenoxy) is 1. The van der Waals surface area contributed by atoms with Crippen molar-refractivity contribution < 1.29 is 19.6 Å². The Labute approximate surface area is 126 Å². The summed E-state index contributed by atoms with van der Waals surface area (Å²) >= 11 is 0. The summed E-state index contributed by atoms with van der Waals surface area (Å²) in [6, 6.07) is 10.6. The molecule has 0 unspecified atom stereocenters. The zero-order valence-corrected chi connectivity index (χ0v) is 11.7. The summed E-state index contributed by atoms with van der Waals surface area (Å²) in [5.74, 6) is -0.101. The average Bonchev–Trinajstić information content (AvgIpc) is 2.53. The molecule has 0 radical (unpaired) electrons. The molecular formula is C16H13NO5. The first-order chi connectivity index (χ1) is 10.5. The molecule has 0 aromatic heterocycles. The number of carbonyl (C=O) groups is 1. The van der Waals surface area contributed by atoms with Crippen LogP contribution in [-0.4, -0.2) is 22.9 Å². The van der Waals surface area contributed by atoms with Crippen LogP contribution < -0.4 is 4.74 Å². The van der Waals surface area contributed by atoms with Crippen molar-refractivity contribution in [2.75, 3.05) is 7.11 Å². The van der Waals surface area contributed by atoms with Gasteiger partial charge < -0.3 is 9.84 Å². The molecule has 0 amide bonds. The van der Waals surface area contributed by atoms with E-state index in [1.54, 1.807) is 24.3 Å². The molecule has 6 heteroatoms. The first kappa shape index (κ1) is 15.2. The number of benzene rings is 2. The number of methoxy groups -OCH3 is 1. The minimum Gasteiger partial charge on any atom is -0.502 e. The number of nitro benzene ring substituents is 1. The molecule has 0 saturated carbocycles. The van der Waals surface area contributed by atoms with Gasteiger partial charge >= 0.3 is 5.69 Å². The number of aromatic hydroxyl groups is 1. The second-order valence-corrected chi connectivity index (χ2v) is 4.43. The van der Waals surface area contributed by atoms with E-state index in [1.165, 1.54) is 37.5 Å². The standard InChI is InChI=1S/C16H13NO5/c1-22-13-4-2-3-12(10-13)15(18)7-5-11-6-8-16(19)14(9-11)17(20)21/h2-10,19H,1H3. The van der Waals surface area contributed by atoms with E-state index in [9.17, 15) is 20.0 Å².